The maximum atomic E-state index is 13.6. The van der Waals surface area contributed by atoms with Gasteiger partial charge in [-0.3, -0.25) is 14.5 Å². The molecule has 0 unspecified atom stereocenters. The summed E-state index contributed by atoms with van der Waals surface area (Å²) in [6.45, 7) is 7.23. The second-order valence-electron chi connectivity index (χ2n) is 10.6. The highest BCUT2D eigenvalue weighted by molar-refractivity contribution is 5.97. The van der Waals surface area contributed by atoms with Gasteiger partial charge in [-0.25, -0.2) is 0 Å². The van der Waals surface area contributed by atoms with Gasteiger partial charge in [0.1, 0.15) is 0 Å². The first-order valence-electron chi connectivity index (χ1n) is 13.7. The summed E-state index contributed by atoms with van der Waals surface area (Å²) in [5.41, 5.74) is 2.12. The van der Waals surface area contributed by atoms with Gasteiger partial charge in [-0.1, -0.05) is 24.3 Å². The van der Waals surface area contributed by atoms with Gasteiger partial charge < -0.3 is 24.8 Å². The van der Waals surface area contributed by atoms with E-state index >= 15 is 0 Å². The molecule has 3 heterocycles. The number of aromatic amines is 1. The second-order valence-corrected chi connectivity index (χ2v) is 10.6. The van der Waals surface area contributed by atoms with E-state index in [0.29, 0.717) is 11.8 Å². The number of hydrogen-bond donors (Lipinski definition) is 2. The SMILES string of the molecule is CN1CCN(c2ccc(-c3cccc(CN4CCOCC4)c3)cc2NC(=O)Cc2c[nH]c(=O)cc2C(F)(F)F)CC1. The minimum atomic E-state index is -4.75. The molecular weight excluding hydrogens is 535 g/mol. The predicted octanol–water partition coefficient (Wildman–Crippen LogP) is 3.83. The van der Waals surface area contributed by atoms with E-state index in [-0.39, 0.29) is 5.56 Å². The molecule has 0 bridgehead atoms. The molecule has 1 aromatic heterocycles. The number of alkyl halides is 3. The van der Waals surface area contributed by atoms with Gasteiger partial charge in [0.15, 0.2) is 0 Å². The van der Waals surface area contributed by atoms with Crippen LogP contribution >= 0.6 is 0 Å². The van der Waals surface area contributed by atoms with Crippen LogP contribution < -0.4 is 15.8 Å². The van der Waals surface area contributed by atoms with Gasteiger partial charge >= 0.3 is 6.18 Å². The number of rotatable bonds is 7. The Kier molecular flexibility index (Phi) is 8.77. The van der Waals surface area contributed by atoms with Gasteiger partial charge in [-0.05, 0) is 47.5 Å². The fraction of sp³-hybridized carbons (Fsp3) is 0.400. The zero-order valence-corrected chi connectivity index (χ0v) is 23.0. The minimum Gasteiger partial charge on any atom is -0.379 e. The van der Waals surface area contributed by atoms with Crippen LogP contribution in [0.2, 0.25) is 0 Å². The number of ether oxygens (including phenoxy) is 1. The molecule has 2 aliphatic heterocycles. The van der Waals surface area contributed by atoms with Crippen molar-refractivity contribution in [2.24, 2.45) is 0 Å². The van der Waals surface area contributed by atoms with Crippen molar-refractivity contribution in [3.63, 3.8) is 0 Å². The van der Waals surface area contributed by atoms with Crippen LogP contribution in [0.4, 0.5) is 24.5 Å². The van der Waals surface area contributed by atoms with Crippen molar-refractivity contribution >= 4 is 17.3 Å². The van der Waals surface area contributed by atoms with Crippen LogP contribution in [0.5, 0.6) is 0 Å². The van der Waals surface area contributed by atoms with Crippen LogP contribution in [0.25, 0.3) is 11.1 Å². The number of benzene rings is 2. The molecule has 2 aliphatic rings. The smallest absolute Gasteiger partial charge is 0.379 e. The molecule has 11 heteroatoms. The quantitative estimate of drug-likeness (QED) is 0.451. The van der Waals surface area contributed by atoms with Gasteiger partial charge in [0.05, 0.1) is 36.6 Å². The molecule has 2 saturated heterocycles. The number of piperazine rings is 1. The van der Waals surface area contributed by atoms with Crippen LogP contribution in [0.1, 0.15) is 16.7 Å². The molecule has 1 amide bonds. The lowest BCUT2D eigenvalue weighted by Crippen LogP contribution is -2.44. The van der Waals surface area contributed by atoms with E-state index in [4.69, 9.17) is 4.74 Å². The van der Waals surface area contributed by atoms with Gasteiger partial charge in [0, 0.05) is 58.1 Å². The number of halogens is 3. The van der Waals surface area contributed by atoms with Crippen molar-refractivity contribution < 1.29 is 22.7 Å². The number of anilines is 2. The lowest BCUT2D eigenvalue weighted by atomic mass is 10.0. The Hall–Kier alpha value is -3.67. The van der Waals surface area contributed by atoms with Crippen molar-refractivity contribution in [2.45, 2.75) is 19.1 Å². The fourth-order valence-electron chi connectivity index (χ4n) is 5.28. The molecule has 0 spiro atoms. The highest BCUT2D eigenvalue weighted by atomic mass is 19.4. The topological polar surface area (TPSA) is 80.9 Å². The first-order valence-corrected chi connectivity index (χ1v) is 13.7. The predicted molar refractivity (Wildman–Crippen MR) is 152 cm³/mol. The monoisotopic (exact) mass is 569 g/mol. The maximum Gasteiger partial charge on any atom is 0.416 e. The third-order valence-electron chi connectivity index (χ3n) is 7.55. The van der Waals surface area contributed by atoms with Gasteiger partial charge in [0.2, 0.25) is 11.5 Å². The highest BCUT2D eigenvalue weighted by Gasteiger charge is 2.34. The summed E-state index contributed by atoms with van der Waals surface area (Å²) in [7, 11) is 2.05. The second kappa shape index (κ2) is 12.5. The van der Waals surface area contributed by atoms with Crippen molar-refractivity contribution in [3.8, 4) is 11.1 Å². The molecular formula is C30H34F3N5O3. The molecule has 8 nitrogen and oxygen atoms in total. The van der Waals surface area contributed by atoms with Crippen molar-refractivity contribution in [1.29, 1.82) is 0 Å². The number of nitrogens with zero attached hydrogens (tertiary/aromatic N) is 3. The number of H-pyrrole nitrogens is 1. The number of morpholine rings is 1. The normalized spacial score (nSPS) is 17.0. The molecule has 0 saturated carbocycles. The summed E-state index contributed by atoms with van der Waals surface area (Å²) in [5, 5.41) is 2.88. The van der Waals surface area contributed by atoms with Crippen molar-refractivity contribution in [3.05, 3.63) is 81.8 Å². The third kappa shape index (κ3) is 7.35. The Morgan fingerprint density at radius 3 is 2.44 bits per heavy atom. The van der Waals surface area contributed by atoms with Crippen LogP contribution in [0.15, 0.2) is 59.5 Å². The zero-order valence-electron chi connectivity index (χ0n) is 23.0. The molecule has 2 N–H and O–H groups in total. The average molecular weight is 570 g/mol. The van der Waals surface area contributed by atoms with Gasteiger partial charge in [-0.2, -0.15) is 13.2 Å². The molecule has 3 aromatic rings. The zero-order chi connectivity index (χ0) is 29.0. The molecule has 218 valence electrons. The average Bonchev–Trinajstić information content (AvgIpc) is 2.95. The fourth-order valence-corrected chi connectivity index (χ4v) is 5.28. The molecule has 5 rings (SSSR count). The van der Waals surface area contributed by atoms with Crippen LogP contribution in [-0.4, -0.2) is 80.2 Å². The van der Waals surface area contributed by atoms with E-state index in [2.05, 4.69) is 44.2 Å². The summed E-state index contributed by atoms with van der Waals surface area (Å²) < 4.78 is 46.1. The lowest BCUT2D eigenvalue weighted by molar-refractivity contribution is -0.138. The summed E-state index contributed by atoms with van der Waals surface area (Å²) in [6, 6.07) is 14.6. The lowest BCUT2D eigenvalue weighted by Gasteiger charge is -2.35. The number of aromatic nitrogens is 1. The first kappa shape index (κ1) is 28.8. The summed E-state index contributed by atoms with van der Waals surface area (Å²) in [6.07, 6.45) is -4.32. The molecule has 0 atom stereocenters. The van der Waals surface area contributed by atoms with E-state index in [1.807, 2.05) is 30.3 Å². The summed E-state index contributed by atoms with van der Waals surface area (Å²) in [5.74, 6) is -0.601. The van der Waals surface area contributed by atoms with Crippen LogP contribution in [0, 0.1) is 0 Å². The Balaban J connectivity index is 1.42. The number of likely N-dealkylation sites (N-methyl/N-ethyl adjacent to an activating group) is 1. The van der Waals surface area contributed by atoms with E-state index in [0.717, 1.165) is 87.6 Å². The standard InChI is InChI=1S/C30H34F3N5O3/c1-36-7-9-38(10-8-36)27-6-5-23(22-4-2-3-21(15-22)20-37-11-13-41-14-12-37)16-26(27)35-29(40)17-24-19-34-28(39)18-25(24)30(31,32)33/h2-6,15-16,18-19H,7-14,17,20H2,1H3,(H,34,39)(H,35,40). The summed E-state index contributed by atoms with van der Waals surface area (Å²) in [4.78, 5) is 33.7. The third-order valence-corrected chi connectivity index (χ3v) is 7.55. The Bertz CT molecular complexity index is 1430. The molecule has 2 fully saturated rings. The maximum absolute atomic E-state index is 13.6. The number of hydrogen-bond acceptors (Lipinski definition) is 6. The number of carbonyl (C=O) groups is 1. The largest absolute Gasteiger partial charge is 0.416 e. The Morgan fingerprint density at radius 1 is 0.976 bits per heavy atom. The van der Waals surface area contributed by atoms with Crippen molar-refractivity contribution in [2.75, 3.05) is 69.7 Å². The number of pyridine rings is 1. The van der Waals surface area contributed by atoms with Crippen molar-refractivity contribution in [1.82, 2.24) is 14.8 Å². The number of amides is 1. The molecule has 2 aromatic carbocycles. The van der Waals surface area contributed by atoms with Gasteiger partial charge in [0.25, 0.3) is 0 Å². The van der Waals surface area contributed by atoms with E-state index < -0.39 is 29.6 Å². The van der Waals surface area contributed by atoms with Crippen LogP contribution in [0.3, 0.4) is 0 Å². The molecule has 0 radical (unpaired) electrons. The molecule has 0 aliphatic carbocycles. The van der Waals surface area contributed by atoms with Crippen LogP contribution in [-0.2, 0) is 28.7 Å². The van der Waals surface area contributed by atoms with Gasteiger partial charge in [-0.15, -0.1) is 0 Å². The highest BCUT2D eigenvalue weighted by Crippen LogP contribution is 2.34. The van der Waals surface area contributed by atoms with E-state index in [9.17, 15) is 22.8 Å². The Labute approximate surface area is 236 Å². The first-order chi connectivity index (χ1) is 19.7. The summed E-state index contributed by atoms with van der Waals surface area (Å²) >= 11 is 0. The Morgan fingerprint density at radius 2 is 1.71 bits per heavy atom. The van der Waals surface area contributed by atoms with E-state index in [1.165, 1.54) is 0 Å². The number of carbonyl (C=O) groups excluding carboxylic acids is 1. The number of nitrogens with one attached hydrogen (secondary N) is 2. The minimum absolute atomic E-state index is 0.289. The van der Waals surface area contributed by atoms with E-state index in [1.54, 1.807) is 0 Å². The molecule has 41 heavy (non-hydrogen) atoms.